The zero-order chi connectivity index (χ0) is 54.6. The van der Waals surface area contributed by atoms with Crippen LogP contribution in [0, 0.1) is 6.92 Å². The van der Waals surface area contributed by atoms with Gasteiger partial charge in [-0.05, 0) is 169 Å². The molecule has 13 rings (SSSR count). The maximum Gasteiger partial charge on any atom is 0.252 e. The Morgan fingerprint density at radius 1 is 0.410 bits per heavy atom. The van der Waals surface area contributed by atoms with Crippen molar-refractivity contribution in [2.45, 2.75) is 124 Å². The van der Waals surface area contributed by atoms with E-state index in [9.17, 15) is 0 Å². The minimum absolute atomic E-state index is 0.00480. The molecular formula is C73H72BN3O. The highest BCUT2D eigenvalue weighted by Gasteiger charge is 2.48. The minimum atomic E-state index is -0.260. The summed E-state index contributed by atoms with van der Waals surface area (Å²) < 4.78 is 6.70. The van der Waals surface area contributed by atoms with Crippen LogP contribution >= 0.6 is 0 Å². The van der Waals surface area contributed by atoms with Gasteiger partial charge >= 0.3 is 0 Å². The summed E-state index contributed by atoms with van der Waals surface area (Å²) in [5, 5.41) is 2.24. The van der Waals surface area contributed by atoms with Crippen molar-refractivity contribution in [2.24, 2.45) is 0 Å². The van der Waals surface area contributed by atoms with Crippen LogP contribution in [0.2, 0.25) is 0 Å². The molecule has 0 atom stereocenters. The fourth-order valence-electron chi connectivity index (χ4n) is 13.5. The van der Waals surface area contributed by atoms with E-state index in [4.69, 9.17) is 4.42 Å². The molecule has 2 aliphatic heterocycles. The lowest BCUT2D eigenvalue weighted by Gasteiger charge is -2.48. The van der Waals surface area contributed by atoms with Gasteiger partial charge in [0.1, 0.15) is 11.2 Å². The summed E-state index contributed by atoms with van der Waals surface area (Å²) in [7, 11) is 0. The number of hydrogen-bond donors (Lipinski definition) is 0. The number of hydrogen-bond acceptors (Lipinski definition) is 4. The van der Waals surface area contributed by atoms with Crippen molar-refractivity contribution in [1.82, 2.24) is 0 Å². The molecule has 1 aliphatic carbocycles. The number of para-hydroxylation sites is 1. The van der Waals surface area contributed by atoms with Crippen molar-refractivity contribution >= 4 is 96.2 Å². The molecule has 0 bridgehead atoms. The van der Waals surface area contributed by atoms with E-state index in [2.05, 4.69) is 294 Å². The largest absolute Gasteiger partial charge is 0.456 e. The van der Waals surface area contributed by atoms with Gasteiger partial charge in [0.2, 0.25) is 0 Å². The predicted octanol–water partition coefficient (Wildman–Crippen LogP) is 18.3. The molecular weight excluding hydrogens is 946 g/mol. The van der Waals surface area contributed by atoms with E-state index >= 15 is 0 Å². The zero-order valence-corrected chi connectivity index (χ0v) is 48.1. The molecule has 3 aliphatic rings. The molecule has 0 radical (unpaired) electrons. The number of rotatable bonds is 5. The maximum absolute atomic E-state index is 6.70. The van der Waals surface area contributed by atoms with E-state index < -0.39 is 0 Å². The molecule has 0 unspecified atom stereocenters. The van der Waals surface area contributed by atoms with Gasteiger partial charge in [0.05, 0.1) is 11.1 Å². The molecule has 388 valence electrons. The van der Waals surface area contributed by atoms with Crippen LogP contribution in [0.4, 0.5) is 51.2 Å². The minimum Gasteiger partial charge on any atom is -0.456 e. The third kappa shape index (κ3) is 7.62. The molecule has 0 saturated carbocycles. The molecule has 78 heavy (non-hydrogen) atoms. The summed E-state index contributed by atoms with van der Waals surface area (Å²) in [4.78, 5) is 7.65. The zero-order valence-electron chi connectivity index (χ0n) is 48.1. The topological polar surface area (TPSA) is 22.9 Å². The molecule has 9 aromatic carbocycles. The third-order valence-corrected chi connectivity index (χ3v) is 17.8. The van der Waals surface area contributed by atoms with Gasteiger partial charge in [0, 0.05) is 61.7 Å². The van der Waals surface area contributed by atoms with E-state index in [1.165, 1.54) is 83.6 Å². The Bertz CT molecular complexity index is 3990. The number of fused-ring (bicyclic) bond motifs is 9. The Kier molecular flexibility index (Phi) is 10.9. The first-order chi connectivity index (χ1) is 37.0. The lowest BCUT2D eigenvalue weighted by atomic mass is 9.33. The van der Waals surface area contributed by atoms with Gasteiger partial charge in [-0.3, -0.25) is 0 Å². The molecule has 0 N–H and O–H groups in total. The summed E-state index contributed by atoms with van der Waals surface area (Å²) in [5.74, 6) is 0. The Labute approximate surface area is 463 Å². The lowest BCUT2D eigenvalue weighted by Crippen LogP contribution is -2.62. The second-order valence-electron chi connectivity index (χ2n) is 26.8. The molecule has 3 heterocycles. The van der Waals surface area contributed by atoms with Crippen LogP contribution in [-0.4, -0.2) is 6.71 Å². The van der Waals surface area contributed by atoms with Crippen LogP contribution in [0.3, 0.4) is 0 Å². The third-order valence-electron chi connectivity index (χ3n) is 17.8. The summed E-state index contributed by atoms with van der Waals surface area (Å²) in [5.41, 5.74) is 26.2. The quantitative estimate of drug-likeness (QED) is 0.160. The number of nitrogens with zero attached hydrogens (tertiary/aromatic N) is 3. The van der Waals surface area contributed by atoms with Crippen LogP contribution in [0.15, 0.2) is 186 Å². The van der Waals surface area contributed by atoms with Gasteiger partial charge < -0.3 is 19.1 Å². The Morgan fingerprint density at radius 3 is 1.47 bits per heavy atom. The summed E-state index contributed by atoms with van der Waals surface area (Å²) in [6, 6.07) is 69.7. The van der Waals surface area contributed by atoms with Gasteiger partial charge in [-0.1, -0.05) is 187 Å². The number of benzene rings is 9. The monoisotopic (exact) mass is 1020 g/mol. The van der Waals surface area contributed by atoms with Gasteiger partial charge in [0.15, 0.2) is 0 Å². The van der Waals surface area contributed by atoms with Crippen molar-refractivity contribution in [3.8, 4) is 0 Å². The highest BCUT2D eigenvalue weighted by Crippen LogP contribution is 2.54. The van der Waals surface area contributed by atoms with Crippen LogP contribution < -0.4 is 31.1 Å². The molecule has 0 fully saturated rings. The second kappa shape index (κ2) is 17.1. The molecule has 5 heteroatoms. The van der Waals surface area contributed by atoms with E-state index in [-0.39, 0.29) is 33.8 Å². The van der Waals surface area contributed by atoms with E-state index in [0.29, 0.717) is 0 Å². The van der Waals surface area contributed by atoms with Crippen LogP contribution in [0.1, 0.15) is 135 Å². The van der Waals surface area contributed by atoms with E-state index in [1.54, 1.807) is 0 Å². The van der Waals surface area contributed by atoms with Crippen molar-refractivity contribution in [2.75, 3.05) is 14.7 Å². The van der Waals surface area contributed by atoms with Gasteiger partial charge in [-0.2, -0.15) is 0 Å². The highest BCUT2D eigenvalue weighted by molar-refractivity contribution is 7.00. The Balaban J connectivity index is 1.12. The SMILES string of the molecule is Cc1cc2c3c(c1)N(c1cccc4oc5ccccc5c14)c1cc4c(cc1B3c1ccc(N(c3ccc(C(C)(C)C)cc3)c3ccc(C(C)(C)C)cc3)cc1N2c1ccc(C(C)(C)C)cc1)C(C)(C)c1ccccc1C4(C)C. The normalized spacial score (nSPS) is 15.2. The first-order valence-electron chi connectivity index (χ1n) is 28.2. The van der Waals surface area contributed by atoms with Gasteiger partial charge in [-0.15, -0.1) is 0 Å². The van der Waals surface area contributed by atoms with Crippen LogP contribution in [-0.2, 0) is 27.1 Å². The summed E-state index contributed by atoms with van der Waals surface area (Å²) in [6.07, 6.45) is 0. The van der Waals surface area contributed by atoms with E-state index in [1.807, 2.05) is 0 Å². The first-order valence-corrected chi connectivity index (χ1v) is 28.2. The average Bonchev–Trinajstić information content (AvgIpc) is 2.82. The number of aryl methyl sites for hydroxylation is 1. The van der Waals surface area contributed by atoms with Crippen molar-refractivity contribution in [1.29, 1.82) is 0 Å². The molecule has 0 amide bonds. The van der Waals surface area contributed by atoms with Gasteiger partial charge in [-0.25, -0.2) is 0 Å². The van der Waals surface area contributed by atoms with Crippen molar-refractivity contribution in [3.63, 3.8) is 0 Å². The standard InChI is InChI=1S/C73H72BN3O/c1-45-40-63-68-64(41-45)77(60-23-19-25-66-67(60)53-20-15-18-24-65(53)78-66)62-44-57-56(72(11,12)54-21-16-17-22-55(54)73(57,13)14)43-59(62)74(68)58-39-38-52(42-61(58)76(63)51-36-30-48(31-37-51)71(8,9)10)75(49-32-26-46(27-33-49)69(2,3)4)50-34-28-47(29-35-50)70(5,6)7/h15-44H,1-14H3. The summed E-state index contributed by atoms with van der Waals surface area (Å²) >= 11 is 0. The molecule has 1 aromatic heterocycles. The predicted molar refractivity (Wildman–Crippen MR) is 334 cm³/mol. The number of furan rings is 1. The van der Waals surface area contributed by atoms with Crippen LogP contribution in [0.25, 0.3) is 21.9 Å². The maximum atomic E-state index is 6.70. The van der Waals surface area contributed by atoms with Crippen molar-refractivity contribution in [3.05, 3.63) is 226 Å². The lowest BCUT2D eigenvalue weighted by molar-refractivity contribution is 0.521. The molecule has 4 nitrogen and oxygen atoms in total. The average molecular weight is 1020 g/mol. The molecule has 0 saturated heterocycles. The number of anilines is 9. The first kappa shape index (κ1) is 49.8. The summed E-state index contributed by atoms with van der Waals surface area (Å²) in [6.45, 7) is 32.6. The van der Waals surface area contributed by atoms with Gasteiger partial charge in [0.25, 0.3) is 6.71 Å². The van der Waals surface area contributed by atoms with Crippen molar-refractivity contribution < 1.29 is 4.42 Å². The smallest absolute Gasteiger partial charge is 0.252 e. The Hall–Kier alpha value is -7.76. The fraction of sp³-hybridized carbons (Fsp3) is 0.260. The highest BCUT2D eigenvalue weighted by atomic mass is 16.3. The Morgan fingerprint density at radius 2 is 0.897 bits per heavy atom. The fourth-order valence-corrected chi connectivity index (χ4v) is 13.5. The van der Waals surface area contributed by atoms with E-state index in [0.717, 1.165) is 50.4 Å². The molecule has 10 aromatic rings. The van der Waals surface area contributed by atoms with Crippen LogP contribution in [0.5, 0.6) is 0 Å². The molecule has 0 spiro atoms. The second-order valence-corrected chi connectivity index (χ2v) is 26.8.